The zero-order chi connectivity index (χ0) is 16.2. The predicted octanol–water partition coefficient (Wildman–Crippen LogP) is 3.01. The molecule has 1 aromatic rings. The van der Waals surface area contributed by atoms with E-state index in [1.54, 1.807) is 0 Å². The molecule has 124 valence electrons. The minimum atomic E-state index is -0.716. The van der Waals surface area contributed by atoms with Gasteiger partial charge in [0.1, 0.15) is 0 Å². The highest BCUT2D eigenvalue weighted by Crippen LogP contribution is 2.29. The van der Waals surface area contributed by atoms with Crippen LogP contribution in [0.1, 0.15) is 55.7 Å². The van der Waals surface area contributed by atoms with Crippen LogP contribution in [0.2, 0.25) is 0 Å². The Hall–Kier alpha value is -2.04. The van der Waals surface area contributed by atoms with Crippen molar-refractivity contribution in [3.8, 4) is 0 Å². The van der Waals surface area contributed by atoms with Crippen LogP contribution in [0, 0.1) is 5.92 Å². The Labute approximate surface area is 136 Å². The van der Waals surface area contributed by atoms with Crippen molar-refractivity contribution in [2.24, 2.45) is 5.92 Å². The number of amides is 2. The topological polar surface area (TPSA) is 78.4 Å². The molecule has 0 saturated heterocycles. The van der Waals surface area contributed by atoms with Crippen LogP contribution in [0.25, 0.3) is 0 Å². The summed E-state index contributed by atoms with van der Waals surface area (Å²) < 4.78 is 0. The molecule has 0 aliphatic heterocycles. The molecule has 0 spiro atoms. The Kier molecular flexibility index (Phi) is 4.84. The summed E-state index contributed by atoms with van der Waals surface area (Å²) >= 11 is 0. The third-order valence-electron chi connectivity index (χ3n) is 5.09. The Morgan fingerprint density at radius 2 is 1.74 bits per heavy atom. The molecule has 0 aromatic heterocycles. The largest absolute Gasteiger partial charge is 0.481 e. The number of carbonyl (C=O) groups excluding carboxylic acids is 1. The Balaban J connectivity index is 1.52. The number of aliphatic carboxylic acids is 1. The van der Waals surface area contributed by atoms with E-state index in [0.717, 1.165) is 32.1 Å². The molecule has 0 radical (unpaired) electrons. The smallest absolute Gasteiger partial charge is 0.315 e. The van der Waals surface area contributed by atoms with Gasteiger partial charge in [-0.05, 0) is 56.1 Å². The number of fused-ring (bicyclic) bond motifs is 1. The first kappa shape index (κ1) is 15.8. The number of hydrogen-bond acceptors (Lipinski definition) is 2. The lowest BCUT2D eigenvalue weighted by atomic mass is 9.86. The summed E-state index contributed by atoms with van der Waals surface area (Å²) in [5.74, 6) is -0.965. The molecule has 2 aliphatic carbocycles. The van der Waals surface area contributed by atoms with Crippen LogP contribution in [-0.4, -0.2) is 23.1 Å². The summed E-state index contributed by atoms with van der Waals surface area (Å²) in [6, 6.07) is 8.32. The van der Waals surface area contributed by atoms with Gasteiger partial charge in [-0.3, -0.25) is 4.79 Å². The maximum absolute atomic E-state index is 12.3. The van der Waals surface area contributed by atoms with E-state index in [-0.39, 0.29) is 24.0 Å². The van der Waals surface area contributed by atoms with Crippen molar-refractivity contribution >= 4 is 12.0 Å². The van der Waals surface area contributed by atoms with Crippen LogP contribution in [0.4, 0.5) is 4.79 Å². The van der Waals surface area contributed by atoms with Crippen molar-refractivity contribution in [3.63, 3.8) is 0 Å². The van der Waals surface area contributed by atoms with Gasteiger partial charge in [0.05, 0.1) is 12.0 Å². The van der Waals surface area contributed by atoms with Crippen molar-refractivity contribution < 1.29 is 14.7 Å². The van der Waals surface area contributed by atoms with E-state index in [1.807, 2.05) is 12.1 Å². The summed E-state index contributed by atoms with van der Waals surface area (Å²) in [7, 11) is 0. The monoisotopic (exact) mass is 316 g/mol. The number of carboxylic acids is 1. The predicted molar refractivity (Wildman–Crippen MR) is 87.2 cm³/mol. The molecule has 2 amide bonds. The Morgan fingerprint density at radius 3 is 2.48 bits per heavy atom. The van der Waals surface area contributed by atoms with Gasteiger partial charge >= 0.3 is 12.0 Å². The molecule has 0 heterocycles. The van der Waals surface area contributed by atoms with Crippen LogP contribution in [-0.2, 0) is 11.2 Å². The molecule has 5 nitrogen and oxygen atoms in total. The second-order valence-electron chi connectivity index (χ2n) is 6.65. The van der Waals surface area contributed by atoms with Crippen LogP contribution < -0.4 is 10.6 Å². The zero-order valence-electron chi connectivity index (χ0n) is 13.3. The van der Waals surface area contributed by atoms with Gasteiger partial charge < -0.3 is 15.7 Å². The van der Waals surface area contributed by atoms with Crippen molar-refractivity contribution in [1.29, 1.82) is 0 Å². The fourth-order valence-corrected chi connectivity index (χ4v) is 3.77. The molecule has 5 heteroatoms. The number of carboxylic acid groups (broad SMARTS) is 1. The highest BCUT2D eigenvalue weighted by atomic mass is 16.4. The van der Waals surface area contributed by atoms with Crippen LogP contribution in [0.5, 0.6) is 0 Å². The number of nitrogens with one attached hydrogen (secondary N) is 2. The first-order valence-electron chi connectivity index (χ1n) is 8.51. The lowest BCUT2D eigenvalue weighted by Crippen LogP contribution is -2.45. The van der Waals surface area contributed by atoms with Crippen molar-refractivity contribution in [3.05, 3.63) is 35.4 Å². The van der Waals surface area contributed by atoms with Crippen LogP contribution in [0.15, 0.2) is 24.3 Å². The molecule has 0 bridgehead atoms. The third kappa shape index (κ3) is 3.84. The maximum atomic E-state index is 12.3. The molecule has 1 saturated carbocycles. The normalized spacial score (nSPS) is 26.9. The second-order valence-corrected chi connectivity index (χ2v) is 6.65. The van der Waals surface area contributed by atoms with Gasteiger partial charge in [0.25, 0.3) is 0 Å². The molecule has 1 atom stereocenters. The van der Waals surface area contributed by atoms with Gasteiger partial charge in [0.15, 0.2) is 0 Å². The number of rotatable bonds is 3. The lowest BCUT2D eigenvalue weighted by molar-refractivity contribution is -0.142. The van der Waals surface area contributed by atoms with E-state index in [9.17, 15) is 9.59 Å². The van der Waals surface area contributed by atoms with E-state index >= 15 is 0 Å². The van der Waals surface area contributed by atoms with Crippen LogP contribution in [0.3, 0.4) is 0 Å². The number of hydrogen-bond donors (Lipinski definition) is 3. The van der Waals surface area contributed by atoms with E-state index in [2.05, 4.69) is 22.8 Å². The standard InChI is InChI=1S/C18H24N2O3/c21-17(22)13-8-10-14(11-9-13)19-18(23)20-16-7-3-5-12-4-1-2-6-15(12)16/h1-2,4,6,13-14,16H,3,5,7-11H2,(H,21,22)(H2,19,20,23). The average Bonchev–Trinajstić information content (AvgIpc) is 2.55. The summed E-state index contributed by atoms with van der Waals surface area (Å²) in [5, 5.41) is 15.1. The minimum absolute atomic E-state index is 0.0790. The minimum Gasteiger partial charge on any atom is -0.481 e. The number of urea groups is 1. The van der Waals surface area contributed by atoms with Gasteiger partial charge in [-0.25, -0.2) is 4.79 Å². The Bertz CT molecular complexity index is 579. The van der Waals surface area contributed by atoms with Crippen molar-refractivity contribution in [2.45, 2.75) is 57.0 Å². The fraction of sp³-hybridized carbons (Fsp3) is 0.556. The molecule has 23 heavy (non-hydrogen) atoms. The number of benzene rings is 1. The summed E-state index contributed by atoms with van der Waals surface area (Å²) in [5.41, 5.74) is 2.55. The summed E-state index contributed by atoms with van der Waals surface area (Å²) in [4.78, 5) is 23.2. The number of aryl methyl sites for hydroxylation is 1. The molecule has 3 rings (SSSR count). The van der Waals surface area contributed by atoms with E-state index in [0.29, 0.717) is 12.8 Å². The summed E-state index contributed by atoms with van der Waals surface area (Å²) in [6.45, 7) is 0. The number of carbonyl (C=O) groups is 2. The Morgan fingerprint density at radius 1 is 1.00 bits per heavy atom. The zero-order valence-corrected chi connectivity index (χ0v) is 13.3. The molecule has 1 unspecified atom stereocenters. The average molecular weight is 316 g/mol. The third-order valence-corrected chi connectivity index (χ3v) is 5.09. The first-order valence-corrected chi connectivity index (χ1v) is 8.51. The second kappa shape index (κ2) is 7.02. The van der Waals surface area contributed by atoms with Gasteiger partial charge in [-0.2, -0.15) is 0 Å². The van der Waals surface area contributed by atoms with E-state index in [4.69, 9.17) is 5.11 Å². The fourth-order valence-electron chi connectivity index (χ4n) is 3.77. The molecule has 2 aliphatic rings. The van der Waals surface area contributed by atoms with Crippen molar-refractivity contribution in [2.75, 3.05) is 0 Å². The SMILES string of the molecule is O=C(NC1CCC(C(=O)O)CC1)NC1CCCc2ccccc21. The van der Waals surface area contributed by atoms with Crippen molar-refractivity contribution in [1.82, 2.24) is 10.6 Å². The van der Waals surface area contributed by atoms with Gasteiger partial charge in [0, 0.05) is 6.04 Å². The van der Waals surface area contributed by atoms with Gasteiger partial charge in [0.2, 0.25) is 0 Å². The quantitative estimate of drug-likeness (QED) is 0.802. The van der Waals surface area contributed by atoms with E-state index < -0.39 is 5.97 Å². The highest BCUT2D eigenvalue weighted by molar-refractivity contribution is 5.75. The molecule has 1 aromatic carbocycles. The maximum Gasteiger partial charge on any atom is 0.315 e. The molecular weight excluding hydrogens is 292 g/mol. The summed E-state index contributed by atoms with van der Waals surface area (Å²) in [6.07, 6.45) is 5.91. The molecule has 1 fully saturated rings. The van der Waals surface area contributed by atoms with Gasteiger partial charge in [-0.15, -0.1) is 0 Å². The molecular formula is C18H24N2O3. The van der Waals surface area contributed by atoms with E-state index in [1.165, 1.54) is 11.1 Å². The van der Waals surface area contributed by atoms with Crippen LogP contribution >= 0.6 is 0 Å². The lowest BCUT2D eigenvalue weighted by Gasteiger charge is -2.30. The highest BCUT2D eigenvalue weighted by Gasteiger charge is 2.27. The van der Waals surface area contributed by atoms with Gasteiger partial charge in [-0.1, -0.05) is 24.3 Å². The molecule has 3 N–H and O–H groups in total. The first-order chi connectivity index (χ1) is 11.1.